The van der Waals surface area contributed by atoms with Gasteiger partial charge >= 0.3 is 0 Å². The van der Waals surface area contributed by atoms with Gasteiger partial charge in [-0.2, -0.15) is 0 Å². The van der Waals surface area contributed by atoms with E-state index < -0.39 is 0 Å². The highest BCUT2D eigenvalue weighted by Crippen LogP contribution is 2.28. The third-order valence-corrected chi connectivity index (χ3v) is 6.53. The molecule has 0 aliphatic carbocycles. The van der Waals surface area contributed by atoms with Crippen molar-refractivity contribution in [1.82, 2.24) is 0 Å². The van der Waals surface area contributed by atoms with Crippen LogP contribution in [0.2, 0.25) is 0 Å². The van der Waals surface area contributed by atoms with Crippen LogP contribution in [0.25, 0.3) is 0 Å². The molecule has 2 unspecified atom stereocenters. The van der Waals surface area contributed by atoms with Crippen molar-refractivity contribution in [3.63, 3.8) is 0 Å². The summed E-state index contributed by atoms with van der Waals surface area (Å²) in [4.78, 5) is 2.54. The summed E-state index contributed by atoms with van der Waals surface area (Å²) in [6.45, 7) is 7.99. The summed E-state index contributed by atoms with van der Waals surface area (Å²) in [6.07, 6.45) is 5.19. The summed E-state index contributed by atoms with van der Waals surface area (Å²) >= 11 is 0. The number of aryl methyl sites for hydroxylation is 1. The van der Waals surface area contributed by atoms with Crippen LogP contribution in [-0.2, 0) is 0 Å². The Morgan fingerprint density at radius 2 is 1.75 bits per heavy atom. The van der Waals surface area contributed by atoms with E-state index in [1.165, 1.54) is 43.5 Å². The Morgan fingerprint density at radius 1 is 1.11 bits per heavy atom. The van der Waals surface area contributed by atoms with Gasteiger partial charge in [0.2, 0.25) is 0 Å². The fourth-order valence-corrected chi connectivity index (χ4v) is 4.32. The van der Waals surface area contributed by atoms with E-state index in [2.05, 4.69) is 72.2 Å². The molecule has 4 nitrogen and oxygen atoms in total. The summed E-state index contributed by atoms with van der Waals surface area (Å²) in [5.74, 6) is 0. The Kier molecular flexibility index (Phi) is 10.6. The quantitative estimate of drug-likeness (QED) is 0.363. The zero-order valence-electron chi connectivity index (χ0n) is 19.0. The van der Waals surface area contributed by atoms with E-state index in [1.54, 1.807) is 0 Å². The van der Waals surface area contributed by atoms with Crippen molar-refractivity contribution in [1.29, 1.82) is 0 Å². The molecule has 6 heteroatoms. The molecule has 1 aliphatic rings. The number of rotatable bonds is 8. The average molecular weight is 434 g/mol. The van der Waals surface area contributed by atoms with E-state index in [4.69, 9.17) is 5.73 Å². The fraction of sp³-hybridized carbons (Fsp3) is 0.727. The first kappa shape index (κ1) is 27.3. The number of anilines is 2. The van der Waals surface area contributed by atoms with Crippen LogP contribution in [0.1, 0.15) is 38.2 Å². The number of quaternary nitrogens is 2. The Balaban J connectivity index is 0.00000364. The lowest BCUT2D eigenvalue weighted by Crippen LogP contribution is -3.00. The van der Waals surface area contributed by atoms with Gasteiger partial charge in [-0.05, 0) is 37.1 Å². The minimum atomic E-state index is 0. The van der Waals surface area contributed by atoms with Gasteiger partial charge in [-0.25, -0.2) is 0 Å². The van der Waals surface area contributed by atoms with E-state index in [-0.39, 0.29) is 24.8 Å². The molecule has 0 radical (unpaired) electrons. The van der Waals surface area contributed by atoms with Gasteiger partial charge in [0.15, 0.2) is 0 Å². The van der Waals surface area contributed by atoms with Gasteiger partial charge in [0.25, 0.3) is 0 Å². The Morgan fingerprint density at radius 3 is 2.29 bits per heavy atom. The first-order chi connectivity index (χ1) is 12.0. The molecule has 2 N–H and O–H groups in total. The Hall–Kier alpha value is -0.680. The van der Waals surface area contributed by atoms with Gasteiger partial charge in [-0.3, -0.25) is 0 Å². The molecule has 1 fully saturated rings. The molecule has 1 aliphatic heterocycles. The lowest BCUT2D eigenvalue weighted by molar-refractivity contribution is -0.926. The molecule has 0 aromatic heterocycles. The van der Waals surface area contributed by atoms with Crippen molar-refractivity contribution >= 4 is 11.4 Å². The summed E-state index contributed by atoms with van der Waals surface area (Å²) < 4.78 is 2.21. The molecule has 1 saturated heterocycles. The first-order valence-electron chi connectivity index (χ1n) is 10.3. The predicted octanol–water partition coefficient (Wildman–Crippen LogP) is -2.49. The van der Waals surface area contributed by atoms with E-state index in [0.29, 0.717) is 6.04 Å². The Labute approximate surface area is 186 Å². The third kappa shape index (κ3) is 6.98. The minimum absolute atomic E-state index is 0. The highest BCUT2D eigenvalue weighted by Gasteiger charge is 2.36. The molecule has 1 heterocycles. The van der Waals surface area contributed by atoms with Crippen LogP contribution in [0, 0.1) is 6.92 Å². The first-order valence-corrected chi connectivity index (χ1v) is 10.3. The fourth-order valence-electron chi connectivity index (χ4n) is 4.32. The predicted molar refractivity (Wildman–Crippen MR) is 115 cm³/mol. The molecular formula is C22H42Cl2N4. The highest BCUT2D eigenvalue weighted by atomic mass is 35.5. The van der Waals surface area contributed by atoms with E-state index >= 15 is 0 Å². The highest BCUT2D eigenvalue weighted by molar-refractivity contribution is 5.58. The number of nitrogen functional groups attached to an aromatic ring is 1. The summed E-state index contributed by atoms with van der Waals surface area (Å²) in [6, 6.07) is 7.94. The number of nitrogens with two attached hydrogens (primary N) is 1. The number of hydrogen-bond donors (Lipinski definition) is 1. The molecule has 0 saturated carbocycles. The number of halogens is 2. The van der Waals surface area contributed by atoms with E-state index in [0.717, 1.165) is 33.8 Å². The maximum atomic E-state index is 5.99. The molecule has 0 bridgehead atoms. The second-order valence-electron chi connectivity index (χ2n) is 9.78. The molecule has 0 amide bonds. The maximum absolute atomic E-state index is 5.99. The molecule has 1 aromatic rings. The second-order valence-corrected chi connectivity index (χ2v) is 9.78. The van der Waals surface area contributed by atoms with Crippen LogP contribution < -0.4 is 35.4 Å². The van der Waals surface area contributed by atoms with Crippen LogP contribution in [0.15, 0.2) is 18.2 Å². The molecule has 164 valence electrons. The van der Waals surface area contributed by atoms with Gasteiger partial charge < -0.3 is 44.4 Å². The van der Waals surface area contributed by atoms with Crippen LogP contribution in [-0.4, -0.2) is 75.9 Å². The van der Waals surface area contributed by atoms with Gasteiger partial charge in [0, 0.05) is 30.8 Å². The standard InChI is InChI=1S/C22H42N4.2ClH/c1-8-9-20(25(3,4)5)13-15-26(6,7)21-12-14-24(17-21)19-10-11-22(23)18(2)16-19;;/h10-11,16,20-21H,8-9,12-15,17,23H2,1-7H3;2*1H/q+2;;/p-2. The SMILES string of the molecule is CCCC(CC[N+](C)(C)C1CCN(c2ccc(N)c(C)c2)C1)[N+](C)(C)C.[Cl-].[Cl-]. The molecule has 0 spiro atoms. The zero-order chi connectivity index (χ0) is 19.5. The van der Waals surface area contributed by atoms with Crippen LogP contribution in [0.3, 0.4) is 0 Å². The average Bonchev–Trinajstić information content (AvgIpc) is 3.04. The van der Waals surface area contributed by atoms with Gasteiger partial charge in [-0.15, -0.1) is 0 Å². The van der Waals surface area contributed by atoms with Crippen LogP contribution in [0.5, 0.6) is 0 Å². The van der Waals surface area contributed by atoms with E-state index in [1.807, 2.05) is 0 Å². The van der Waals surface area contributed by atoms with Crippen molar-refractivity contribution in [2.45, 2.75) is 51.6 Å². The topological polar surface area (TPSA) is 29.3 Å². The Bertz CT molecular complexity index is 599. The maximum Gasteiger partial charge on any atom is 0.108 e. The van der Waals surface area contributed by atoms with Crippen LogP contribution >= 0.6 is 0 Å². The van der Waals surface area contributed by atoms with Crippen molar-refractivity contribution in [2.24, 2.45) is 0 Å². The van der Waals surface area contributed by atoms with Gasteiger partial charge in [0.1, 0.15) is 6.04 Å². The smallest absolute Gasteiger partial charge is 0.108 e. The third-order valence-electron chi connectivity index (χ3n) is 6.53. The summed E-state index contributed by atoms with van der Waals surface area (Å²) in [5, 5.41) is 0. The monoisotopic (exact) mass is 432 g/mol. The largest absolute Gasteiger partial charge is 1.00 e. The lowest BCUT2D eigenvalue weighted by Gasteiger charge is -2.40. The molecule has 28 heavy (non-hydrogen) atoms. The van der Waals surface area contributed by atoms with Gasteiger partial charge in [-0.1, -0.05) is 13.3 Å². The number of nitrogens with zero attached hydrogens (tertiary/aromatic N) is 3. The molecule has 1 aromatic carbocycles. The molecule has 2 atom stereocenters. The van der Waals surface area contributed by atoms with E-state index in [9.17, 15) is 0 Å². The lowest BCUT2D eigenvalue weighted by atomic mass is 10.0. The van der Waals surface area contributed by atoms with Crippen molar-refractivity contribution in [3.8, 4) is 0 Å². The van der Waals surface area contributed by atoms with Crippen molar-refractivity contribution < 1.29 is 33.8 Å². The minimum Gasteiger partial charge on any atom is -1.00 e. The van der Waals surface area contributed by atoms with Crippen molar-refractivity contribution in [3.05, 3.63) is 23.8 Å². The van der Waals surface area contributed by atoms with Crippen molar-refractivity contribution in [2.75, 3.05) is 65.5 Å². The number of hydrogen-bond acceptors (Lipinski definition) is 2. The zero-order valence-corrected chi connectivity index (χ0v) is 20.5. The van der Waals surface area contributed by atoms with Crippen LogP contribution in [0.4, 0.5) is 11.4 Å². The molecule has 2 rings (SSSR count). The summed E-state index contributed by atoms with van der Waals surface area (Å²) in [7, 11) is 11.9. The van der Waals surface area contributed by atoms with Gasteiger partial charge in [0.05, 0.1) is 54.4 Å². The second kappa shape index (κ2) is 10.9. The summed E-state index contributed by atoms with van der Waals surface area (Å²) in [5.41, 5.74) is 9.39. The molecular weight excluding hydrogens is 391 g/mol. The number of benzene rings is 1. The normalized spacial score (nSPS) is 18.4. The number of likely N-dealkylation sites (N-methyl/N-ethyl adjacent to an activating group) is 1.